The summed E-state index contributed by atoms with van der Waals surface area (Å²) in [5.41, 5.74) is 0.586. The quantitative estimate of drug-likeness (QED) is 0.930. The van der Waals surface area contributed by atoms with Crippen LogP contribution in [0.15, 0.2) is 4.42 Å². The molecule has 1 saturated heterocycles. The van der Waals surface area contributed by atoms with Crippen LogP contribution in [-0.4, -0.2) is 35.0 Å². The summed E-state index contributed by atoms with van der Waals surface area (Å²) in [6.45, 7) is 10.0. The van der Waals surface area contributed by atoms with Gasteiger partial charge < -0.3 is 14.4 Å². The molecule has 5 nitrogen and oxygen atoms in total. The summed E-state index contributed by atoms with van der Waals surface area (Å²) < 4.78 is 5.51. The van der Waals surface area contributed by atoms with Crippen molar-refractivity contribution >= 4 is 11.9 Å². The smallest absolute Gasteiger partial charge is 0.311 e. The summed E-state index contributed by atoms with van der Waals surface area (Å²) >= 11 is 0. The van der Waals surface area contributed by atoms with Crippen LogP contribution >= 0.6 is 0 Å². The van der Waals surface area contributed by atoms with Crippen LogP contribution in [0.3, 0.4) is 0 Å². The number of hydrogen-bond donors (Lipinski definition) is 1. The second-order valence-corrected chi connectivity index (χ2v) is 6.31. The molecule has 0 aromatic carbocycles. The van der Waals surface area contributed by atoms with Crippen LogP contribution in [0.4, 0.5) is 0 Å². The van der Waals surface area contributed by atoms with Crippen LogP contribution in [0.2, 0.25) is 0 Å². The number of rotatable bonds is 3. The summed E-state index contributed by atoms with van der Waals surface area (Å²) in [5.74, 6) is 0.395. The Morgan fingerprint density at radius 2 is 1.86 bits per heavy atom. The molecule has 2 heterocycles. The molecule has 0 bridgehead atoms. The summed E-state index contributed by atoms with van der Waals surface area (Å²) in [7, 11) is 0. The second kappa shape index (κ2) is 5.20. The molecule has 1 aliphatic heterocycles. The Balaban J connectivity index is 2.29. The Morgan fingerprint density at radius 1 is 1.24 bits per heavy atom. The standard InChI is InChI=1S/C16H23NO4/c1-9(2)16(15(19)20)6-7-17(8-16)14(18)13-10(3)11(4)21-12(13)5/h9H,6-8H2,1-5H3,(H,19,20). The van der Waals surface area contributed by atoms with Crippen LogP contribution in [-0.2, 0) is 4.79 Å². The highest BCUT2D eigenvalue weighted by molar-refractivity contribution is 5.97. The van der Waals surface area contributed by atoms with Gasteiger partial charge >= 0.3 is 5.97 Å². The molecule has 2 rings (SSSR count). The van der Waals surface area contributed by atoms with Crippen molar-refractivity contribution in [3.05, 3.63) is 22.6 Å². The molecule has 0 saturated carbocycles. The average molecular weight is 293 g/mol. The van der Waals surface area contributed by atoms with Gasteiger partial charge in [-0.05, 0) is 33.1 Å². The van der Waals surface area contributed by atoms with E-state index in [1.807, 2.05) is 27.7 Å². The predicted molar refractivity (Wildman–Crippen MR) is 78.3 cm³/mol. The maximum atomic E-state index is 12.7. The van der Waals surface area contributed by atoms with E-state index >= 15 is 0 Å². The van der Waals surface area contributed by atoms with E-state index in [-0.39, 0.29) is 18.4 Å². The van der Waals surface area contributed by atoms with Gasteiger partial charge in [0.25, 0.3) is 5.91 Å². The molecule has 21 heavy (non-hydrogen) atoms. The van der Waals surface area contributed by atoms with Crippen molar-refractivity contribution in [2.45, 2.75) is 41.0 Å². The van der Waals surface area contributed by atoms with Gasteiger partial charge in [-0.3, -0.25) is 9.59 Å². The summed E-state index contributed by atoms with van der Waals surface area (Å²) in [6.07, 6.45) is 0.501. The molecular weight excluding hydrogens is 270 g/mol. The second-order valence-electron chi connectivity index (χ2n) is 6.31. The molecule has 1 fully saturated rings. The van der Waals surface area contributed by atoms with Crippen LogP contribution in [0.5, 0.6) is 0 Å². The number of furan rings is 1. The highest BCUT2D eigenvalue weighted by Crippen LogP contribution is 2.39. The lowest BCUT2D eigenvalue weighted by molar-refractivity contribution is -0.150. The van der Waals surface area contributed by atoms with Crippen molar-refractivity contribution in [3.63, 3.8) is 0 Å². The van der Waals surface area contributed by atoms with Crippen LogP contribution < -0.4 is 0 Å². The fourth-order valence-corrected chi connectivity index (χ4v) is 3.17. The number of carboxylic acids is 1. The number of carbonyl (C=O) groups excluding carboxylic acids is 1. The Hall–Kier alpha value is -1.78. The zero-order chi connectivity index (χ0) is 15.9. The SMILES string of the molecule is Cc1oc(C)c(C(=O)N2CCC(C(=O)O)(C(C)C)C2)c1C. The molecule has 5 heteroatoms. The molecule has 0 radical (unpaired) electrons. The maximum Gasteiger partial charge on any atom is 0.311 e. The molecule has 1 amide bonds. The lowest BCUT2D eigenvalue weighted by Gasteiger charge is -2.28. The van der Waals surface area contributed by atoms with E-state index in [1.165, 1.54) is 0 Å². The zero-order valence-corrected chi connectivity index (χ0v) is 13.3. The predicted octanol–water partition coefficient (Wildman–Crippen LogP) is 2.78. The monoisotopic (exact) mass is 293 g/mol. The molecule has 0 spiro atoms. The van der Waals surface area contributed by atoms with Gasteiger partial charge in [-0.25, -0.2) is 0 Å². The molecule has 116 valence electrons. The number of carbonyl (C=O) groups is 2. The number of amides is 1. The Kier molecular flexibility index (Phi) is 3.87. The molecule has 1 aromatic rings. The highest BCUT2D eigenvalue weighted by atomic mass is 16.4. The van der Waals surface area contributed by atoms with Crippen LogP contribution in [0, 0.1) is 32.1 Å². The van der Waals surface area contributed by atoms with E-state index in [0.29, 0.717) is 24.3 Å². The summed E-state index contributed by atoms with van der Waals surface area (Å²) in [4.78, 5) is 26.0. The molecule has 1 aromatic heterocycles. The first-order chi connectivity index (χ1) is 9.70. The largest absolute Gasteiger partial charge is 0.481 e. The third-order valence-electron chi connectivity index (χ3n) is 4.89. The number of aryl methyl sites for hydroxylation is 2. The molecule has 0 aliphatic carbocycles. The molecule has 1 atom stereocenters. The zero-order valence-electron chi connectivity index (χ0n) is 13.3. The minimum absolute atomic E-state index is 0.0129. The number of aliphatic carboxylic acids is 1. The molecular formula is C16H23NO4. The lowest BCUT2D eigenvalue weighted by Crippen LogP contribution is -2.40. The third-order valence-corrected chi connectivity index (χ3v) is 4.89. The van der Waals surface area contributed by atoms with Gasteiger partial charge in [-0.2, -0.15) is 0 Å². The molecule has 1 aliphatic rings. The molecule has 1 N–H and O–H groups in total. The van der Waals surface area contributed by atoms with Gasteiger partial charge in [0.1, 0.15) is 11.5 Å². The number of likely N-dealkylation sites (tertiary alicyclic amines) is 1. The fraction of sp³-hybridized carbons (Fsp3) is 0.625. The summed E-state index contributed by atoms with van der Waals surface area (Å²) in [6, 6.07) is 0. The van der Waals surface area contributed by atoms with Crippen molar-refractivity contribution in [2.24, 2.45) is 11.3 Å². The lowest BCUT2D eigenvalue weighted by atomic mass is 9.76. The Morgan fingerprint density at radius 3 is 2.24 bits per heavy atom. The van der Waals surface area contributed by atoms with Gasteiger partial charge in [0.05, 0.1) is 11.0 Å². The van der Waals surface area contributed by atoms with Gasteiger partial charge in [0, 0.05) is 18.7 Å². The minimum Gasteiger partial charge on any atom is -0.481 e. The fourth-order valence-electron chi connectivity index (χ4n) is 3.17. The van der Waals surface area contributed by atoms with Crippen molar-refractivity contribution in [2.75, 3.05) is 13.1 Å². The van der Waals surface area contributed by atoms with E-state index in [2.05, 4.69) is 0 Å². The number of hydrogen-bond acceptors (Lipinski definition) is 3. The van der Waals surface area contributed by atoms with E-state index in [1.54, 1.807) is 11.8 Å². The van der Waals surface area contributed by atoms with Crippen molar-refractivity contribution < 1.29 is 19.1 Å². The maximum absolute atomic E-state index is 12.7. The van der Waals surface area contributed by atoms with Crippen LogP contribution in [0.1, 0.15) is 47.7 Å². The van der Waals surface area contributed by atoms with Gasteiger partial charge in [0.15, 0.2) is 0 Å². The van der Waals surface area contributed by atoms with Crippen molar-refractivity contribution in [1.82, 2.24) is 4.90 Å². The first-order valence-electron chi connectivity index (χ1n) is 7.30. The van der Waals surface area contributed by atoms with Crippen LogP contribution in [0.25, 0.3) is 0 Å². The number of nitrogens with zero attached hydrogens (tertiary/aromatic N) is 1. The average Bonchev–Trinajstić information content (AvgIpc) is 2.93. The minimum atomic E-state index is -0.837. The Labute approximate surface area is 124 Å². The highest BCUT2D eigenvalue weighted by Gasteiger charge is 2.48. The van der Waals surface area contributed by atoms with E-state index in [0.717, 1.165) is 11.3 Å². The van der Waals surface area contributed by atoms with Crippen molar-refractivity contribution in [3.8, 4) is 0 Å². The van der Waals surface area contributed by atoms with E-state index < -0.39 is 11.4 Å². The number of carboxylic acid groups (broad SMARTS) is 1. The Bertz CT molecular complexity index is 587. The topological polar surface area (TPSA) is 70.8 Å². The first-order valence-corrected chi connectivity index (χ1v) is 7.30. The first kappa shape index (κ1) is 15.6. The molecule has 1 unspecified atom stereocenters. The van der Waals surface area contributed by atoms with E-state index in [9.17, 15) is 14.7 Å². The normalized spacial score (nSPS) is 22.1. The van der Waals surface area contributed by atoms with E-state index in [4.69, 9.17) is 4.42 Å². The van der Waals surface area contributed by atoms with Gasteiger partial charge in [-0.15, -0.1) is 0 Å². The third kappa shape index (κ3) is 2.34. The van der Waals surface area contributed by atoms with Crippen molar-refractivity contribution in [1.29, 1.82) is 0 Å². The van der Waals surface area contributed by atoms with Gasteiger partial charge in [0.2, 0.25) is 0 Å². The summed E-state index contributed by atoms with van der Waals surface area (Å²) in [5, 5.41) is 9.56. The van der Waals surface area contributed by atoms with Gasteiger partial charge in [-0.1, -0.05) is 13.8 Å².